The zero-order valence-electron chi connectivity index (χ0n) is 10.6. The summed E-state index contributed by atoms with van der Waals surface area (Å²) in [6.45, 7) is 9.23. The minimum atomic E-state index is 0.212. The van der Waals surface area contributed by atoms with Crippen molar-refractivity contribution in [1.29, 1.82) is 0 Å². The van der Waals surface area contributed by atoms with Crippen LogP contribution in [0.25, 0.3) is 0 Å². The van der Waals surface area contributed by atoms with E-state index in [1.54, 1.807) is 11.1 Å². The van der Waals surface area contributed by atoms with Crippen LogP contribution < -0.4 is 0 Å². The maximum absolute atomic E-state index is 9.11. The molecule has 1 N–H and O–H groups in total. The van der Waals surface area contributed by atoms with E-state index in [9.17, 15) is 0 Å². The second-order valence-electron chi connectivity index (χ2n) is 5.22. The first-order chi connectivity index (χ1) is 7.01. The van der Waals surface area contributed by atoms with Crippen LogP contribution >= 0.6 is 0 Å². The van der Waals surface area contributed by atoms with Crippen LogP contribution in [0.1, 0.15) is 53.4 Å². The van der Waals surface area contributed by atoms with Crippen LogP contribution in [-0.2, 0) is 0 Å². The summed E-state index contributed by atoms with van der Waals surface area (Å²) in [4.78, 5) is 0. The first-order valence-corrected chi connectivity index (χ1v) is 5.99. The Balaban J connectivity index is 2.73. The van der Waals surface area contributed by atoms with Crippen LogP contribution in [0.15, 0.2) is 22.8 Å². The van der Waals surface area contributed by atoms with Crippen molar-refractivity contribution < 1.29 is 5.11 Å². The third-order valence-electron chi connectivity index (χ3n) is 3.71. The zero-order valence-corrected chi connectivity index (χ0v) is 10.6. The Morgan fingerprint density at radius 1 is 1.47 bits per heavy atom. The fraction of sp³-hybridized carbons (Fsp3) is 0.714. The number of hydrogen-bond donors (Lipinski definition) is 1. The van der Waals surface area contributed by atoms with Crippen LogP contribution in [0.2, 0.25) is 0 Å². The van der Waals surface area contributed by atoms with Crippen molar-refractivity contribution in [3.63, 3.8) is 0 Å². The van der Waals surface area contributed by atoms with Crippen molar-refractivity contribution in [2.45, 2.75) is 53.4 Å². The van der Waals surface area contributed by atoms with E-state index < -0.39 is 0 Å². The summed E-state index contributed by atoms with van der Waals surface area (Å²) in [5.41, 5.74) is 4.68. The highest BCUT2D eigenvalue weighted by molar-refractivity contribution is 5.28. The third kappa shape index (κ3) is 2.94. The predicted molar refractivity (Wildman–Crippen MR) is 65.8 cm³/mol. The summed E-state index contributed by atoms with van der Waals surface area (Å²) in [7, 11) is 0. The molecule has 1 rings (SSSR count). The van der Waals surface area contributed by atoms with Gasteiger partial charge in [0.1, 0.15) is 0 Å². The molecule has 0 amide bonds. The molecule has 0 saturated heterocycles. The highest BCUT2D eigenvalue weighted by Crippen LogP contribution is 2.43. The van der Waals surface area contributed by atoms with Crippen molar-refractivity contribution in [3.8, 4) is 0 Å². The van der Waals surface area contributed by atoms with Gasteiger partial charge in [0.05, 0.1) is 6.61 Å². The highest BCUT2D eigenvalue weighted by Gasteiger charge is 2.29. The molecule has 86 valence electrons. The van der Waals surface area contributed by atoms with Gasteiger partial charge in [0, 0.05) is 0 Å². The lowest BCUT2D eigenvalue weighted by Crippen LogP contribution is -2.09. The normalized spacial score (nSPS) is 21.3. The number of hydrogen-bond acceptors (Lipinski definition) is 1. The lowest BCUT2D eigenvalue weighted by Gasteiger charge is -2.22. The molecule has 0 aliphatic heterocycles. The minimum absolute atomic E-state index is 0.212. The van der Waals surface area contributed by atoms with Gasteiger partial charge in [-0.2, -0.15) is 0 Å². The maximum atomic E-state index is 9.11. The van der Waals surface area contributed by atoms with Gasteiger partial charge in [0.15, 0.2) is 0 Å². The zero-order chi connectivity index (χ0) is 11.5. The van der Waals surface area contributed by atoms with E-state index in [2.05, 4.69) is 33.8 Å². The van der Waals surface area contributed by atoms with Crippen molar-refractivity contribution >= 4 is 0 Å². The Kier molecular flexibility index (Phi) is 4.15. The summed E-state index contributed by atoms with van der Waals surface area (Å²) in [5, 5.41) is 9.11. The third-order valence-corrected chi connectivity index (χ3v) is 3.71. The van der Waals surface area contributed by atoms with Crippen LogP contribution in [0.5, 0.6) is 0 Å². The lowest BCUT2D eigenvalue weighted by atomic mass is 9.83. The number of aliphatic hydroxyl groups is 1. The smallest absolute Gasteiger partial charge is 0.0641 e. The van der Waals surface area contributed by atoms with Gasteiger partial charge in [-0.05, 0) is 43.6 Å². The Hall–Kier alpha value is -0.560. The summed E-state index contributed by atoms with van der Waals surface area (Å²) >= 11 is 0. The van der Waals surface area contributed by atoms with Gasteiger partial charge in [-0.15, -0.1) is 0 Å². The SMILES string of the molecule is CCC(=CCC1=C(C)CCC1(C)C)CO. The number of aliphatic hydroxyl groups excluding tert-OH is 1. The standard InChI is InChI=1S/C14H24O/c1-5-12(10-15)6-7-13-11(2)8-9-14(13,3)4/h6,15H,5,7-10H2,1-4H3. The van der Waals surface area contributed by atoms with Crippen molar-refractivity contribution in [2.75, 3.05) is 6.61 Å². The van der Waals surface area contributed by atoms with E-state index in [0.29, 0.717) is 5.41 Å². The van der Waals surface area contributed by atoms with Crippen LogP contribution in [-0.4, -0.2) is 11.7 Å². The first kappa shape index (κ1) is 12.5. The molecule has 0 heterocycles. The van der Waals surface area contributed by atoms with Gasteiger partial charge in [0.25, 0.3) is 0 Å². The van der Waals surface area contributed by atoms with Crippen LogP contribution in [0.4, 0.5) is 0 Å². The van der Waals surface area contributed by atoms with Crippen molar-refractivity contribution in [1.82, 2.24) is 0 Å². The minimum Gasteiger partial charge on any atom is -0.392 e. The van der Waals surface area contributed by atoms with Gasteiger partial charge in [0.2, 0.25) is 0 Å². The lowest BCUT2D eigenvalue weighted by molar-refractivity contribution is 0.327. The van der Waals surface area contributed by atoms with Crippen molar-refractivity contribution in [3.05, 3.63) is 22.8 Å². The van der Waals surface area contributed by atoms with E-state index in [1.807, 2.05) is 0 Å². The number of rotatable bonds is 4. The summed E-state index contributed by atoms with van der Waals surface area (Å²) in [6.07, 6.45) is 6.73. The molecule has 0 saturated carbocycles. The molecule has 0 spiro atoms. The molecular weight excluding hydrogens is 184 g/mol. The molecule has 15 heavy (non-hydrogen) atoms. The molecule has 0 fully saturated rings. The predicted octanol–water partition coefficient (Wildman–Crippen LogP) is 3.84. The van der Waals surface area contributed by atoms with Gasteiger partial charge < -0.3 is 5.11 Å². The molecule has 0 aromatic heterocycles. The average Bonchev–Trinajstić information content (AvgIpc) is 2.45. The van der Waals surface area contributed by atoms with Gasteiger partial charge in [-0.25, -0.2) is 0 Å². The maximum Gasteiger partial charge on any atom is 0.0641 e. The second kappa shape index (κ2) is 4.98. The monoisotopic (exact) mass is 208 g/mol. The fourth-order valence-electron chi connectivity index (χ4n) is 2.40. The summed E-state index contributed by atoms with van der Waals surface area (Å²) in [6, 6.07) is 0. The van der Waals surface area contributed by atoms with E-state index >= 15 is 0 Å². The fourth-order valence-corrected chi connectivity index (χ4v) is 2.40. The Morgan fingerprint density at radius 3 is 2.53 bits per heavy atom. The Morgan fingerprint density at radius 2 is 2.13 bits per heavy atom. The molecule has 0 atom stereocenters. The molecule has 0 aromatic carbocycles. The molecule has 1 heteroatoms. The van der Waals surface area contributed by atoms with Gasteiger partial charge in [-0.1, -0.05) is 38.0 Å². The average molecular weight is 208 g/mol. The molecule has 1 nitrogen and oxygen atoms in total. The van der Waals surface area contributed by atoms with E-state index in [1.165, 1.54) is 12.8 Å². The molecule has 0 unspecified atom stereocenters. The Bertz CT molecular complexity index is 276. The van der Waals surface area contributed by atoms with Crippen molar-refractivity contribution in [2.24, 2.45) is 5.41 Å². The highest BCUT2D eigenvalue weighted by atomic mass is 16.3. The molecule has 1 aliphatic rings. The Labute approximate surface area is 93.9 Å². The number of allylic oxidation sites excluding steroid dienone is 3. The van der Waals surface area contributed by atoms with Gasteiger partial charge in [-0.3, -0.25) is 0 Å². The van der Waals surface area contributed by atoms with Crippen LogP contribution in [0, 0.1) is 5.41 Å². The molecule has 0 aromatic rings. The molecule has 1 aliphatic carbocycles. The van der Waals surface area contributed by atoms with E-state index in [0.717, 1.165) is 18.4 Å². The molecular formula is C14H24O. The first-order valence-electron chi connectivity index (χ1n) is 5.99. The van der Waals surface area contributed by atoms with E-state index in [-0.39, 0.29) is 6.61 Å². The largest absolute Gasteiger partial charge is 0.392 e. The van der Waals surface area contributed by atoms with E-state index in [4.69, 9.17) is 5.11 Å². The second-order valence-corrected chi connectivity index (χ2v) is 5.22. The van der Waals surface area contributed by atoms with Crippen LogP contribution in [0.3, 0.4) is 0 Å². The van der Waals surface area contributed by atoms with Gasteiger partial charge >= 0.3 is 0 Å². The summed E-state index contributed by atoms with van der Waals surface area (Å²) in [5.74, 6) is 0. The quantitative estimate of drug-likeness (QED) is 0.696. The molecule has 0 bridgehead atoms. The molecule has 0 radical (unpaired) electrons. The summed E-state index contributed by atoms with van der Waals surface area (Å²) < 4.78 is 0. The topological polar surface area (TPSA) is 20.2 Å².